The number of rotatable bonds is 2. The average molecular weight is 234 g/mol. The van der Waals surface area contributed by atoms with E-state index in [9.17, 15) is 0 Å². The molecule has 2 aromatic rings. The topological polar surface area (TPSA) is 50.9 Å². The molecule has 0 saturated heterocycles. The largest absolute Gasteiger partial charge is 0.384 e. The Balaban J connectivity index is 2.31. The molecule has 1 aromatic carbocycles. The first-order chi connectivity index (χ1) is 7.66. The fraction of sp³-hybridized carbons (Fsp3) is 0.0833. The van der Waals surface area contributed by atoms with Crippen molar-refractivity contribution in [1.29, 1.82) is 0 Å². The number of benzene rings is 1. The number of halogens is 1. The number of nitrogens with zero attached hydrogens (tertiary/aromatic N) is 1. The van der Waals surface area contributed by atoms with Gasteiger partial charge >= 0.3 is 0 Å². The number of nitrogens with one attached hydrogen (secondary N) is 1. The van der Waals surface area contributed by atoms with E-state index in [1.54, 1.807) is 12.3 Å². The van der Waals surface area contributed by atoms with Crippen LogP contribution in [0.4, 0.5) is 17.2 Å². The number of anilines is 3. The van der Waals surface area contributed by atoms with Crippen LogP contribution in [-0.4, -0.2) is 4.98 Å². The molecule has 0 saturated carbocycles. The molecule has 0 radical (unpaired) electrons. The lowest BCUT2D eigenvalue weighted by molar-refractivity contribution is 1.33. The van der Waals surface area contributed by atoms with Gasteiger partial charge in [0.2, 0.25) is 0 Å². The summed E-state index contributed by atoms with van der Waals surface area (Å²) >= 11 is 6.03. The summed E-state index contributed by atoms with van der Waals surface area (Å²) in [6.45, 7) is 1.97. The van der Waals surface area contributed by atoms with Crippen molar-refractivity contribution in [2.75, 3.05) is 11.1 Å². The van der Waals surface area contributed by atoms with Gasteiger partial charge in [0, 0.05) is 28.7 Å². The molecule has 1 aromatic heterocycles. The van der Waals surface area contributed by atoms with Gasteiger partial charge in [-0.1, -0.05) is 17.7 Å². The molecule has 1 heterocycles. The van der Waals surface area contributed by atoms with Crippen LogP contribution < -0.4 is 11.1 Å². The molecule has 0 aliphatic rings. The van der Waals surface area contributed by atoms with Gasteiger partial charge in [-0.25, -0.2) is 4.98 Å². The fourth-order valence-electron chi connectivity index (χ4n) is 1.42. The molecule has 0 atom stereocenters. The van der Waals surface area contributed by atoms with Crippen LogP contribution in [0.15, 0.2) is 36.5 Å². The third-order valence-corrected chi connectivity index (χ3v) is 2.74. The highest BCUT2D eigenvalue weighted by Crippen LogP contribution is 2.26. The molecular weight excluding hydrogens is 222 g/mol. The maximum Gasteiger partial charge on any atom is 0.125 e. The van der Waals surface area contributed by atoms with E-state index >= 15 is 0 Å². The lowest BCUT2D eigenvalue weighted by Crippen LogP contribution is -1.96. The minimum absolute atomic E-state index is 0.490. The van der Waals surface area contributed by atoms with Crippen molar-refractivity contribution in [3.63, 3.8) is 0 Å². The smallest absolute Gasteiger partial charge is 0.125 e. The van der Waals surface area contributed by atoms with E-state index in [1.165, 1.54) is 0 Å². The quantitative estimate of drug-likeness (QED) is 0.836. The van der Waals surface area contributed by atoms with Crippen LogP contribution in [0.2, 0.25) is 5.02 Å². The minimum Gasteiger partial charge on any atom is -0.384 e. The molecule has 82 valence electrons. The summed E-state index contributed by atoms with van der Waals surface area (Å²) in [7, 11) is 0. The third-order valence-electron chi connectivity index (χ3n) is 2.33. The van der Waals surface area contributed by atoms with E-state index in [1.807, 2.05) is 31.2 Å². The highest BCUT2D eigenvalue weighted by atomic mass is 35.5. The van der Waals surface area contributed by atoms with Gasteiger partial charge in [0.05, 0.1) is 0 Å². The van der Waals surface area contributed by atoms with Crippen LogP contribution in [0.1, 0.15) is 5.56 Å². The Kier molecular flexibility index (Phi) is 2.97. The fourth-order valence-corrected chi connectivity index (χ4v) is 1.60. The van der Waals surface area contributed by atoms with Gasteiger partial charge in [0.1, 0.15) is 5.82 Å². The maximum absolute atomic E-state index is 6.03. The number of nitrogens with two attached hydrogens (primary N) is 1. The molecule has 3 N–H and O–H groups in total. The summed E-state index contributed by atoms with van der Waals surface area (Å²) in [5.74, 6) is 0.490. The normalized spacial score (nSPS) is 10.1. The van der Waals surface area contributed by atoms with E-state index in [0.717, 1.165) is 22.0 Å². The average Bonchev–Trinajstić information content (AvgIpc) is 2.25. The Hall–Kier alpha value is -1.74. The summed E-state index contributed by atoms with van der Waals surface area (Å²) in [5, 5.41) is 3.99. The Morgan fingerprint density at radius 2 is 2.12 bits per heavy atom. The zero-order valence-corrected chi connectivity index (χ0v) is 9.62. The third kappa shape index (κ3) is 2.25. The summed E-state index contributed by atoms with van der Waals surface area (Å²) in [5.41, 5.74) is 8.49. The second-order valence-corrected chi connectivity index (χ2v) is 3.91. The lowest BCUT2D eigenvalue weighted by Gasteiger charge is -2.10. The second-order valence-electron chi connectivity index (χ2n) is 3.51. The van der Waals surface area contributed by atoms with Gasteiger partial charge in [-0.15, -0.1) is 0 Å². The highest BCUT2D eigenvalue weighted by Gasteiger charge is 2.02. The van der Waals surface area contributed by atoms with Crippen molar-refractivity contribution in [1.82, 2.24) is 4.98 Å². The Morgan fingerprint density at radius 3 is 2.88 bits per heavy atom. The maximum atomic E-state index is 6.03. The summed E-state index contributed by atoms with van der Waals surface area (Å²) in [4.78, 5) is 3.93. The van der Waals surface area contributed by atoms with Crippen molar-refractivity contribution in [3.8, 4) is 0 Å². The Labute approximate surface area is 99.3 Å². The van der Waals surface area contributed by atoms with E-state index in [4.69, 9.17) is 17.3 Å². The number of aromatic nitrogens is 1. The van der Waals surface area contributed by atoms with Gasteiger partial charge in [-0.3, -0.25) is 0 Å². The van der Waals surface area contributed by atoms with Crippen LogP contribution >= 0.6 is 11.6 Å². The molecule has 0 spiro atoms. The number of pyridine rings is 1. The molecule has 0 bridgehead atoms. The molecule has 3 nitrogen and oxygen atoms in total. The second kappa shape index (κ2) is 4.41. The predicted molar refractivity (Wildman–Crippen MR) is 68.1 cm³/mol. The van der Waals surface area contributed by atoms with Crippen LogP contribution in [0.3, 0.4) is 0 Å². The van der Waals surface area contributed by atoms with Crippen molar-refractivity contribution < 1.29 is 0 Å². The van der Waals surface area contributed by atoms with E-state index < -0.39 is 0 Å². The van der Waals surface area contributed by atoms with Crippen LogP contribution in [0.5, 0.6) is 0 Å². The molecule has 2 rings (SSSR count). The van der Waals surface area contributed by atoms with Gasteiger partial charge in [0.25, 0.3) is 0 Å². The number of hydrogen-bond donors (Lipinski definition) is 2. The highest BCUT2D eigenvalue weighted by molar-refractivity contribution is 6.31. The van der Waals surface area contributed by atoms with Gasteiger partial charge in [-0.05, 0) is 30.7 Å². The molecule has 0 aliphatic heterocycles. The molecule has 0 fully saturated rings. The van der Waals surface area contributed by atoms with Crippen LogP contribution in [0, 0.1) is 6.92 Å². The van der Waals surface area contributed by atoms with Gasteiger partial charge in [0.15, 0.2) is 0 Å². The number of hydrogen-bond acceptors (Lipinski definition) is 3. The molecule has 16 heavy (non-hydrogen) atoms. The van der Waals surface area contributed by atoms with E-state index in [2.05, 4.69) is 10.3 Å². The summed E-state index contributed by atoms with van der Waals surface area (Å²) in [6.07, 6.45) is 1.66. The SMILES string of the molecule is Cc1c(Cl)cccc1Nc1ccnc(N)c1. The first kappa shape index (κ1) is 10.8. The first-order valence-corrected chi connectivity index (χ1v) is 5.28. The van der Waals surface area contributed by atoms with Crippen molar-refractivity contribution in [2.24, 2.45) is 0 Å². The summed E-state index contributed by atoms with van der Waals surface area (Å²) < 4.78 is 0. The Morgan fingerprint density at radius 1 is 1.31 bits per heavy atom. The standard InChI is InChI=1S/C12H12ClN3/c1-8-10(13)3-2-4-11(8)16-9-5-6-15-12(14)7-9/h2-7H,1H3,(H3,14,15,16). The lowest BCUT2D eigenvalue weighted by atomic mass is 10.2. The molecule has 4 heteroatoms. The van der Waals surface area contributed by atoms with E-state index in [0.29, 0.717) is 5.82 Å². The molecule has 0 aliphatic carbocycles. The molecule has 0 unspecified atom stereocenters. The zero-order chi connectivity index (χ0) is 11.5. The van der Waals surface area contributed by atoms with Gasteiger partial charge in [-0.2, -0.15) is 0 Å². The summed E-state index contributed by atoms with van der Waals surface area (Å²) in [6, 6.07) is 9.38. The predicted octanol–water partition coefficient (Wildman–Crippen LogP) is 3.37. The van der Waals surface area contributed by atoms with Crippen molar-refractivity contribution >= 4 is 28.8 Å². The molecular formula is C12H12ClN3. The molecule has 0 amide bonds. The number of nitrogen functional groups attached to an aromatic ring is 1. The minimum atomic E-state index is 0.490. The van der Waals surface area contributed by atoms with Crippen LogP contribution in [0.25, 0.3) is 0 Å². The van der Waals surface area contributed by atoms with Crippen molar-refractivity contribution in [3.05, 3.63) is 47.1 Å². The Bertz CT molecular complexity index is 511. The first-order valence-electron chi connectivity index (χ1n) is 4.90. The van der Waals surface area contributed by atoms with E-state index in [-0.39, 0.29) is 0 Å². The zero-order valence-electron chi connectivity index (χ0n) is 8.87. The van der Waals surface area contributed by atoms with Crippen LogP contribution in [-0.2, 0) is 0 Å². The monoisotopic (exact) mass is 233 g/mol. The van der Waals surface area contributed by atoms with Gasteiger partial charge < -0.3 is 11.1 Å². The van der Waals surface area contributed by atoms with Crippen molar-refractivity contribution in [2.45, 2.75) is 6.92 Å².